The summed E-state index contributed by atoms with van der Waals surface area (Å²) < 4.78 is 31.4. The van der Waals surface area contributed by atoms with Crippen LogP contribution in [0.25, 0.3) is 11.2 Å². The Morgan fingerprint density at radius 3 is 2.27 bits per heavy atom. The fourth-order valence-corrected chi connectivity index (χ4v) is 5.62. The van der Waals surface area contributed by atoms with Gasteiger partial charge in [-0.2, -0.15) is 4.98 Å². The summed E-state index contributed by atoms with van der Waals surface area (Å²) in [6, 6.07) is 10.7. The van der Waals surface area contributed by atoms with Crippen molar-refractivity contribution in [1.29, 1.82) is 0 Å². The minimum absolute atomic E-state index is 0.00339. The predicted octanol–water partition coefficient (Wildman–Crippen LogP) is 1.21. The second kappa shape index (κ2) is 10.1. The summed E-state index contributed by atoms with van der Waals surface area (Å²) in [5, 5.41) is 0. The number of imidazole rings is 1. The van der Waals surface area contributed by atoms with Crippen LogP contribution in [0.5, 0.6) is 0 Å². The standard InChI is InChI=1S/C28H27F2N7O4/c1-32-24-23(26(40)33(2)28(32)41)36(16-17-6-8-18(29)9-7-17)27(31-24)35-12-10-34(11-13-35)21-15-22(38)37(25(21)39)20-5-3-4-19(30)14-20/h3-9,14,21H,10-13,15-16H2,1-2H3. The first-order chi connectivity index (χ1) is 19.6. The summed E-state index contributed by atoms with van der Waals surface area (Å²) in [6.07, 6.45) is -0.00339. The van der Waals surface area contributed by atoms with Crippen molar-refractivity contribution in [2.45, 2.75) is 19.0 Å². The summed E-state index contributed by atoms with van der Waals surface area (Å²) in [7, 11) is 2.96. The number of aryl methyl sites for hydroxylation is 1. The van der Waals surface area contributed by atoms with Crippen molar-refractivity contribution in [2.24, 2.45) is 14.1 Å². The molecule has 13 heteroatoms. The average Bonchev–Trinajstić information content (AvgIpc) is 3.48. The minimum Gasteiger partial charge on any atom is -0.340 e. The molecular formula is C28H27F2N7O4. The number of imide groups is 1. The predicted molar refractivity (Wildman–Crippen MR) is 147 cm³/mol. The number of halogens is 2. The Balaban J connectivity index is 1.29. The molecule has 4 aromatic rings. The normalized spacial score (nSPS) is 18.2. The number of nitrogens with zero attached hydrogens (tertiary/aromatic N) is 7. The topological polar surface area (TPSA) is 106 Å². The lowest BCUT2D eigenvalue weighted by molar-refractivity contribution is -0.123. The molecule has 1 atom stereocenters. The Kier molecular flexibility index (Phi) is 6.53. The molecule has 212 valence electrons. The number of amides is 2. The molecule has 0 aliphatic carbocycles. The van der Waals surface area contributed by atoms with E-state index in [2.05, 4.69) is 0 Å². The van der Waals surface area contributed by atoms with Gasteiger partial charge in [0, 0.05) is 40.3 Å². The van der Waals surface area contributed by atoms with Gasteiger partial charge < -0.3 is 4.90 Å². The van der Waals surface area contributed by atoms with E-state index in [0.29, 0.717) is 32.1 Å². The molecule has 2 saturated heterocycles. The molecule has 2 fully saturated rings. The number of rotatable bonds is 5. The number of benzene rings is 2. The first kappa shape index (κ1) is 26.6. The molecule has 2 aliphatic rings. The van der Waals surface area contributed by atoms with Crippen molar-refractivity contribution in [3.05, 3.63) is 86.6 Å². The third-order valence-electron chi connectivity index (χ3n) is 7.81. The van der Waals surface area contributed by atoms with E-state index in [-0.39, 0.29) is 41.5 Å². The second-order valence-corrected chi connectivity index (χ2v) is 10.3. The van der Waals surface area contributed by atoms with E-state index >= 15 is 0 Å². The quantitative estimate of drug-likeness (QED) is 0.336. The van der Waals surface area contributed by atoms with Crippen LogP contribution < -0.4 is 21.0 Å². The molecule has 2 aliphatic heterocycles. The van der Waals surface area contributed by atoms with E-state index in [1.54, 1.807) is 23.7 Å². The lowest BCUT2D eigenvalue weighted by atomic mass is 10.1. The van der Waals surface area contributed by atoms with Gasteiger partial charge in [-0.05, 0) is 35.9 Å². The van der Waals surface area contributed by atoms with Crippen molar-refractivity contribution < 1.29 is 18.4 Å². The van der Waals surface area contributed by atoms with Crippen LogP contribution in [0.3, 0.4) is 0 Å². The summed E-state index contributed by atoms with van der Waals surface area (Å²) in [6.45, 7) is 1.94. The van der Waals surface area contributed by atoms with Crippen molar-refractivity contribution in [3.8, 4) is 0 Å². The number of hydrogen-bond acceptors (Lipinski definition) is 7. The van der Waals surface area contributed by atoms with Gasteiger partial charge in [0.05, 0.1) is 24.7 Å². The zero-order chi connectivity index (χ0) is 29.0. The van der Waals surface area contributed by atoms with Crippen LogP contribution in [0.4, 0.5) is 20.4 Å². The maximum absolute atomic E-state index is 13.8. The number of piperazine rings is 1. The van der Waals surface area contributed by atoms with Crippen LogP contribution >= 0.6 is 0 Å². The van der Waals surface area contributed by atoms with E-state index in [9.17, 15) is 28.0 Å². The summed E-state index contributed by atoms with van der Waals surface area (Å²) in [5.41, 5.74) is 0.447. The molecule has 41 heavy (non-hydrogen) atoms. The van der Waals surface area contributed by atoms with Crippen LogP contribution in [0.15, 0.2) is 58.1 Å². The van der Waals surface area contributed by atoms with Gasteiger partial charge in [0.1, 0.15) is 11.6 Å². The largest absolute Gasteiger partial charge is 0.340 e. The van der Waals surface area contributed by atoms with Crippen LogP contribution in [0.1, 0.15) is 12.0 Å². The third kappa shape index (κ3) is 4.51. The number of carbonyl (C=O) groups is 2. The molecule has 6 rings (SSSR count). The van der Waals surface area contributed by atoms with Gasteiger partial charge in [0.25, 0.3) is 11.5 Å². The fourth-order valence-electron chi connectivity index (χ4n) is 5.62. The average molecular weight is 564 g/mol. The lowest BCUT2D eigenvalue weighted by Gasteiger charge is -2.37. The maximum Gasteiger partial charge on any atom is 0.332 e. The highest BCUT2D eigenvalue weighted by Crippen LogP contribution is 2.28. The third-order valence-corrected chi connectivity index (χ3v) is 7.81. The number of hydrogen-bond donors (Lipinski definition) is 0. The van der Waals surface area contributed by atoms with Crippen LogP contribution in [0, 0.1) is 11.6 Å². The highest BCUT2D eigenvalue weighted by atomic mass is 19.1. The number of fused-ring (bicyclic) bond motifs is 1. The van der Waals surface area contributed by atoms with Crippen molar-refractivity contribution in [1.82, 2.24) is 23.6 Å². The number of anilines is 2. The van der Waals surface area contributed by atoms with E-state index in [1.165, 1.54) is 48.0 Å². The van der Waals surface area contributed by atoms with Crippen molar-refractivity contribution in [2.75, 3.05) is 36.0 Å². The SMILES string of the molecule is Cn1c(=O)c2c(nc(N3CCN(C4CC(=O)N(c5cccc(F)c5)C4=O)CC3)n2Cc2ccc(F)cc2)n(C)c1=O. The van der Waals surface area contributed by atoms with Gasteiger partial charge in [0.15, 0.2) is 11.2 Å². The smallest absolute Gasteiger partial charge is 0.332 e. The molecule has 0 saturated carbocycles. The van der Waals surface area contributed by atoms with E-state index < -0.39 is 29.0 Å². The van der Waals surface area contributed by atoms with Gasteiger partial charge in [-0.25, -0.2) is 18.5 Å². The molecule has 11 nitrogen and oxygen atoms in total. The molecule has 2 aromatic heterocycles. The van der Waals surface area contributed by atoms with Crippen molar-refractivity contribution >= 4 is 34.6 Å². The monoisotopic (exact) mass is 563 g/mol. The number of carbonyl (C=O) groups excluding carboxylic acids is 2. The molecule has 0 spiro atoms. The molecule has 0 bridgehead atoms. The number of aromatic nitrogens is 4. The van der Waals surface area contributed by atoms with Crippen LogP contribution in [-0.2, 0) is 30.2 Å². The highest BCUT2D eigenvalue weighted by Gasteiger charge is 2.43. The van der Waals surface area contributed by atoms with E-state index in [1.807, 2.05) is 9.80 Å². The minimum atomic E-state index is -0.668. The zero-order valence-corrected chi connectivity index (χ0v) is 22.5. The Morgan fingerprint density at radius 1 is 0.878 bits per heavy atom. The molecule has 2 amide bonds. The fraction of sp³-hybridized carbons (Fsp3) is 0.321. The van der Waals surface area contributed by atoms with Gasteiger partial charge in [-0.3, -0.25) is 33.0 Å². The summed E-state index contributed by atoms with van der Waals surface area (Å²) in [4.78, 5) is 61.5. The summed E-state index contributed by atoms with van der Waals surface area (Å²) in [5.74, 6) is -1.22. The highest BCUT2D eigenvalue weighted by molar-refractivity contribution is 6.22. The first-order valence-corrected chi connectivity index (χ1v) is 13.2. The Labute approximate surface area is 232 Å². The van der Waals surface area contributed by atoms with Crippen LogP contribution in [-0.4, -0.2) is 67.6 Å². The van der Waals surface area contributed by atoms with E-state index in [0.717, 1.165) is 15.0 Å². The summed E-state index contributed by atoms with van der Waals surface area (Å²) >= 11 is 0. The van der Waals surface area contributed by atoms with Crippen molar-refractivity contribution in [3.63, 3.8) is 0 Å². The Bertz CT molecular complexity index is 1800. The van der Waals surface area contributed by atoms with Crippen LogP contribution in [0.2, 0.25) is 0 Å². The van der Waals surface area contributed by atoms with Gasteiger partial charge >= 0.3 is 5.69 Å². The van der Waals surface area contributed by atoms with Gasteiger partial charge in [-0.1, -0.05) is 18.2 Å². The molecule has 0 N–H and O–H groups in total. The Hall–Kier alpha value is -4.65. The van der Waals surface area contributed by atoms with Gasteiger partial charge in [-0.15, -0.1) is 0 Å². The Morgan fingerprint density at radius 2 is 1.59 bits per heavy atom. The molecule has 0 radical (unpaired) electrons. The van der Waals surface area contributed by atoms with Gasteiger partial charge in [0.2, 0.25) is 11.9 Å². The second-order valence-electron chi connectivity index (χ2n) is 10.3. The lowest BCUT2D eigenvalue weighted by Crippen LogP contribution is -2.53. The molecule has 1 unspecified atom stereocenters. The van der Waals surface area contributed by atoms with E-state index in [4.69, 9.17) is 4.98 Å². The molecule has 4 heterocycles. The molecular weight excluding hydrogens is 536 g/mol. The first-order valence-electron chi connectivity index (χ1n) is 13.2. The zero-order valence-electron chi connectivity index (χ0n) is 22.5. The maximum atomic E-state index is 13.8. The molecule has 2 aromatic carbocycles.